The van der Waals surface area contributed by atoms with Crippen molar-refractivity contribution in [2.24, 2.45) is 0 Å². The van der Waals surface area contributed by atoms with Gasteiger partial charge in [-0.3, -0.25) is 19.1 Å². The lowest BCUT2D eigenvalue weighted by Gasteiger charge is -2.29. The van der Waals surface area contributed by atoms with Crippen LogP contribution in [0.1, 0.15) is 46.2 Å². The molecule has 1 N–H and O–H groups in total. The molecule has 9 heteroatoms. The number of rotatable bonds is 6. The average Bonchev–Trinajstić information content (AvgIpc) is 3.10. The Bertz CT molecular complexity index is 720. The second-order valence-electron chi connectivity index (χ2n) is 7.97. The monoisotopic (exact) mass is 399 g/mol. The Balaban J connectivity index is 2.10. The Labute approximate surface area is 162 Å². The van der Waals surface area contributed by atoms with Gasteiger partial charge in [0, 0.05) is 49.4 Å². The lowest BCUT2D eigenvalue weighted by Crippen LogP contribution is -2.46. The van der Waals surface area contributed by atoms with Crippen molar-refractivity contribution in [3.63, 3.8) is 0 Å². The van der Waals surface area contributed by atoms with Crippen LogP contribution < -0.4 is 5.32 Å². The van der Waals surface area contributed by atoms with E-state index in [2.05, 4.69) is 10.5 Å². The highest BCUT2D eigenvalue weighted by molar-refractivity contribution is 7.87. The van der Waals surface area contributed by atoms with Gasteiger partial charge in [0.2, 0.25) is 17.7 Å². The number of ether oxygens (including phenoxy) is 1. The number of carbonyl (C=O) groups is 2. The van der Waals surface area contributed by atoms with E-state index in [0.29, 0.717) is 31.7 Å². The molecular weight excluding hydrogens is 370 g/mol. The molecule has 1 fully saturated rings. The maximum absolute atomic E-state index is 12.9. The van der Waals surface area contributed by atoms with Gasteiger partial charge in [0.1, 0.15) is 10.4 Å². The molecule has 0 bridgehead atoms. The molecule has 27 heavy (non-hydrogen) atoms. The molecule has 152 valence electrons. The van der Waals surface area contributed by atoms with E-state index in [1.165, 1.54) is 11.0 Å². The Morgan fingerprint density at radius 3 is 2.37 bits per heavy atom. The minimum atomic E-state index is -1.36. The zero-order valence-electron chi connectivity index (χ0n) is 16.8. The van der Waals surface area contributed by atoms with E-state index in [1.807, 2.05) is 0 Å². The number of carbonyl (C=O) groups excluding carboxylic acids is 2. The highest BCUT2D eigenvalue weighted by Gasteiger charge is 2.40. The van der Waals surface area contributed by atoms with Crippen LogP contribution in [0.25, 0.3) is 0 Å². The number of hydrogen-bond donors (Lipinski definition) is 1. The first-order valence-corrected chi connectivity index (χ1v) is 10.2. The number of aromatic nitrogens is 1. The summed E-state index contributed by atoms with van der Waals surface area (Å²) in [6.07, 6.45) is 1.35. The number of hydrogen-bond acceptors (Lipinski definition) is 6. The van der Waals surface area contributed by atoms with Crippen molar-refractivity contribution in [3.05, 3.63) is 11.8 Å². The number of likely N-dealkylation sites (N-methyl/N-ethyl adjacent to an activating group) is 1. The van der Waals surface area contributed by atoms with Crippen molar-refractivity contribution in [2.45, 2.75) is 55.9 Å². The second kappa shape index (κ2) is 8.10. The predicted molar refractivity (Wildman–Crippen MR) is 103 cm³/mol. The molecule has 2 amide bonds. The molecule has 0 aromatic carbocycles. The predicted octanol–water partition coefficient (Wildman–Crippen LogP) is 1.69. The zero-order valence-corrected chi connectivity index (χ0v) is 17.6. The summed E-state index contributed by atoms with van der Waals surface area (Å²) in [6.45, 7) is 7.92. The van der Waals surface area contributed by atoms with E-state index in [1.54, 1.807) is 41.8 Å². The van der Waals surface area contributed by atoms with Gasteiger partial charge in [-0.2, -0.15) is 0 Å². The van der Waals surface area contributed by atoms with Crippen molar-refractivity contribution in [1.29, 1.82) is 0 Å². The third-order valence-electron chi connectivity index (χ3n) is 4.85. The number of nitrogens with zero attached hydrogens (tertiary/aromatic N) is 2. The maximum atomic E-state index is 12.9. The smallest absolute Gasteiger partial charge is 0.245 e. The van der Waals surface area contributed by atoms with Crippen molar-refractivity contribution in [2.75, 3.05) is 32.6 Å². The third-order valence-corrected chi connectivity index (χ3v) is 7.12. The molecular formula is C18H29N3O5S. The fourth-order valence-corrected chi connectivity index (χ4v) is 4.65. The van der Waals surface area contributed by atoms with Crippen LogP contribution in [0.15, 0.2) is 10.6 Å². The summed E-state index contributed by atoms with van der Waals surface area (Å²) < 4.78 is 22.3. The summed E-state index contributed by atoms with van der Waals surface area (Å²) in [4.78, 5) is 26.5. The molecule has 0 aliphatic carbocycles. The molecule has 1 saturated heterocycles. The first-order valence-electron chi connectivity index (χ1n) is 8.96. The molecule has 0 saturated carbocycles. The quantitative estimate of drug-likeness (QED) is 0.781. The normalized spacial score (nSPS) is 17.4. The van der Waals surface area contributed by atoms with Crippen molar-refractivity contribution in [3.8, 4) is 0 Å². The summed E-state index contributed by atoms with van der Waals surface area (Å²) in [6, 6.07) is 1.53. The first kappa shape index (κ1) is 21.6. The Kier molecular flexibility index (Phi) is 6.47. The molecule has 1 aliphatic rings. The van der Waals surface area contributed by atoms with Gasteiger partial charge in [-0.05, 0) is 40.5 Å². The van der Waals surface area contributed by atoms with Gasteiger partial charge in [-0.15, -0.1) is 0 Å². The molecule has 2 rings (SSSR count). The number of anilines is 1. The minimum absolute atomic E-state index is 0.0681. The molecule has 8 nitrogen and oxygen atoms in total. The van der Waals surface area contributed by atoms with E-state index >= 15 is 0 Å². The molecule has 1 atom stereocenters. The zero-order chi connectivity index (χ0) is 20.4. The van der Waals surface area contributed by atoms with E-state index < -0.39 is 26.9 Å². The lowest BCUT2D eigenvalue weighted by atomic mass is 9.88. The minimum Gasteiger partial charge on any atom is -0.381 e. The number of nitrogens with one attached hydrogen (secondary N) is 1. The molecule has 0 spiro atoms. The third kappa shape index (κ3) is 4.57. The Morgan fingerprint density at radius 1 is 1.22 bits per heavy atom. The first-order chi connectivity index (χ1) is 12.5. The van der Waals surface area contributed by atoms with E-state index in [4.69, 9.17) is 9.26 Å². The van der Waals surface area contributed by atoms with E-state index in [0.717, 1.165) is 0 Å². The largest absolute Gasteiger partial charge is 0.381 e. The van der Waals surface area contributed by atoms with Crippen LogP contribution >= 0.6 is 0 Å². The van der Waals surface area contributed by atoms with E-state index in [9.17, 15) is 13.8 Å². The van der Waals surface area contributed by atoms with Crippen LogP contribution in [-0.2, 0) is 30.5 Å². The molecule has 2 heterocycles. The lowest BCUT2D eigenvalue weighted by molar-refractivity contribution is -0.133. The molecule has 0 radical (unpaired) electrons. The summed E-state index contributed by atoms with van der Waals surface area (Å²) in [5, 5.41) is 6.51. The van der Waals surface area contributed by atoms with Gasteiger partial charge in [0.25, 0.3) is 0 Å². The highest BCUT2D eigenvalue weighted by Crippen LogP contribution is 2.28. The molecule has 1 aliphatic heterocycles. The topological polar surface area (TPSA) is 102 Å². The van der Waals surface area contributed by atoms with Crippen LogP contribution in [-0.4, -0.2) is 63.4 Å². The molecule has 1 aromatic rings. The van der Waals surface area contributed by atoms with Crippen LogP contribution in [0.2, 0.25) is 0 Å². The summed E-state index contributed by atoms with van der Waals surface area (Å²) >= 11 is 0. The maximum Gasteiger partial charge on any atom is 0.245 e. The van der Waals surface area contributed by atoms with Gasteiger partial charge in [-0.1, -0.05) is 5.16 Å². The van der Waals surface area contributed by atoms with Crippen molar-refractivity contribution in [1.82, 2.24) is 10.1 Å². The molecule has 1 aromatic heterocycles. The van der Waals surface area contributed by atoms with Gasteiger partial charge in [0.15, 0.2) is 0 Å². The Morgan fingerprint density at radius 2 is 1.81 bits per heavy atom. The highest BCUT2D eigenvalue weighted by atomic mass is 32.2. The van der Waals surface area contributed by atoms with Crippen molar-refractivity contribution >= 4 is 28.5 Å². The summed E-state index contributed by atoms with van der Waals surface area (Å²) in [5.74, 6) is -0.409. The van der Waals surface area contributed by atoms with Gasteiger partial charge in [-0.25, -0.2) is 0 Å². The van der Waals surface area contributed by atoms with Gasteiger partial charge < -0.3 is 14.2 Å². The summed E-state index contributed by atoms with van der Waals surface area (Å²) in [5.41, 5.74) is -0.476. The number of amides is 2. The van der Waals surface area contributed by atoms with Crippen molar-refractivity contribution < 1.29 is 23.1 Å². The average molecular weight is 400 g/mol. The SMILES string of the molecule is CN(C)C(=O)C(C)(C)c1cc(NC(=O)C(C)(C)S(=O)C2CCOCC2)on1. The van der Waals surface area contributed by atoms with Crippen LogP contribution in [0.3, 0.4) is 0 Å². The summed E-state index contributed by atoms with van der Waals surface area (Å²) in [7, 11) is 1.98. The fraction of sp³-hybridized carbons (Fsp3) is 0.722. The van der Waals surface area contributed by atoms with Crippen LogP contribution in [0, 0.1) is 0 Å². The second-order valence-corrected chi connectivity index (χ2v) is 10.3. The molecule has 1 unspecified atom stereocenters. The van der Waals surface area contributed by atoms with Gasteiger partial charge in [0.05, 0.1) is 5.41 Å². The van der Waals surface area contributed by atoms with E-state index in [-0.39, 0.29) is 17.0 Å². The van der Waals surface area contributed by atoms with Crippen LogP contribution in [0.4, 0.5) is 5.88 Å². The Hall–Kier alpha value is -1.74. The van der Waals surface area contributed by atoms with Crippen LogP contribution in [0.5, 0.6) is 0 Å². The van der Waals surface area contributed by atoms with Gasteiger partial charge >= 0.3 is 0 Å². The standard InChI is InChI=1S/C18H29N3O5S/c1-17(2,16(23)21(5)6)13-11-14(26-20-13)19-15(22)18(3,4)27(24)12-7-9-25-10-8-12/h11-12H,7-10H2,1-6H3,(H,19,22). The fourth-order valence-electron chi connectivity index (χ4n) is 2.96.